The van der Waals surface area contributed by atoms with E-state index in [9.17, 15) is 13.2 Å². The molecule has 0 unspecified atom stereocenters. The van der Waals surface area contributed by atoms with Gasteiger partial charge in [0, 0.05) is 0 Å². The van der Waals surface area contributed by atoms with Crippen LogP contribution in [0.5, 0.6) is 0 Å². The van der Waals surface area contributed by atoms with Crippen LogP contribution >= 0.6 is 0 Å². The Morgan fingerprint density at radius 2 is 2.21 bits per heavy atom. The number of carbonyl (C=O) groups excluding carboxylic acids is 1. The van der Waals surface area contributed by atoms with Crippen LogP contribution in [0.25, 0.3) is 0 Å². The second kappa shape index (κ2) is 8.43. The maximum atomic E-state index is 11.0. The van der Waals surface area contributed by atoms with Crippen LogP contribution in [0.1, 0.15) is 14.8 Å². The molecule has 1 N–H and O–H groups in total. The molecule has 0 aromatic rings. The Balaban J connectivity index is -0.000000720. The van der Waals surface area contributed by atoms with E-state index >= 15 is 0 Å². The molecule has 0 rings (SSSR count). The van der Waals surface area contributed by atoms with Crippen molar-refractivity contribution in [1.82, 2.24) is 5.32 Å². The maximum Gasteiger partial charge on any atom is 1.00 e. The molecule has 0 atom stereocenters. The van der Waals surface area contributed by atoms with E-state index in [2.05, 4.69) is 16.1 Å². The minimum absolute atomic E-state index is 0. The third-order valence-corrected chi connectivity index (χ3v) is 2.11. The average Bonchev–Trinajstić information content (AvgIpc) is 2.11. The van der Waals surface area contributed by atoms with E-state index in [1.165, 1.54) is 0 Å². The third-order valence-electron chi connectivity index (χ3n) is 1.09. The molecule has 7 heteroatoms. The fourth-order valence-electron chi connectivity index (χ4n) is 0.475. The Morgan fingerprint density at radius 1 is 1.64 bits per heavy atom. The number of rotatable bonds is 7. The number of allylic oxidation sites excluding steroid dienone is 1. The van der Waals surface area contributed by atoms with Gasteiger partial charge in [-0.3, -0.25) is 8.98 Å². The quantitative estimate of drug-likeness (QED) is 0.220. The molecule has 0 saturated heterocycles. The zero-order valence-electron chi connectivity index (χ0n) is 9.45. The molecule has 0 aliphatic heterocycles. The van der Waals surface area contributed by atoms with E-state index in [0.717, 1.165) is 0 Å². The zero-order valence-corrected chi connectivity index (χ0v) is 11.3. The molecule has 0 spiro atoms. The fraction of sp³-hybridized carbons (Fsp3) is 0.571. The molecule has 0 heterocycles. The molecule has 0 aromatic carbocycles. The van der Waals surface area contributed by atoms with Crippen LogP contribution in [0.15, 0.2) is 12.3 Å². The van der Waals surface area contributed by atoms with Gasteiger partial charge in [0.1, 0.15) is 5.88 Å². The summed E-state index contributed by atoms with van der Waals surface area (Å²) in [6.45, 7) is 5.21. The van der Waals surface area contributed by atoms with Crippen molar-refractivity contribution in [2.45, 2.75) is 13.3 Å². The van der Waals surface area contributed by atoms with Crippen LogP contribution in [0.2, 0.25) is 0 Å². The van der Waals surface area contributed by atoms with E-state index in [0.29, 0.717) is 12.7 Å². The Kier molecular flexibility index (Phi) is 9.96. The van der Waals surface area contributed by atoms with E-state index < -0.39 is 16.0 Å². The van der Waals surface area contributed by atoms with Crippen molar-refractivity contribution < 1.29 is 48.4 Å². The topological polar surface area (TPSA) is 72.5 Å². The number of aldehydes is 1. The monoisotopic (exact) mass is 231 g/mol. The van der Waals surface area contributed by atoms with Gasteiger partial charge in [0.05, 0.1) is 12.3 Å². The first-order valence-corrected chi connectivity index (χ1v) is 5.34. The summed E-state index contributed by atoms with van der Waals surface area (Å²) in [7, 11) is -3.58. The average molecular weight is 231 g/mol. The second-order valence-electron chi connectivity index (χ2n) is 2.34. The molecule has 5 nitrogen and oxygen atoms in total. The molecule has 0 aliphatic carbocycles. The Labute approximate surface area is 108 Å². The largest absolute Gasteiger partial charge is 1.00 e. The predicted molar refractivity (Wildman–Crippen MR) is 49.5 cm³/mol. The normalized spacial score (nSPS) is 10.1. The maximum absolute atomic E-state index is 11.0. The van der Waals surface area contributed by atoms with Crippen molar-refractivity contribution in [3.63, 3.8) is 0 Å². The van der Waals surface area contributed by atoms with Crippen LogP contribution in [0, 0.1) is 0 Å². The van der Waals surface area contributed by atoms with Crippen molar-refractivity contribution in [2.24, 2.45) is 0 Å². The molecule has 0 aromatic heterocycles. The molecule has 78 valence electrons. The smallest absolute Gasteiger partial charge is 1.00 e. The van der Waals surface area contributed by atoms with E-state index in [-0.39, 0.29) is 43.3 Å². The minimum Gasteiger partial charge on any atom is -1.00 e. The summed E-state index contributed by atoms with van der Waals surface area (Å²) in [4.78, 5) is 10.0. The molecule has 0 saturated carbocycles. The first kappa shape index (κ1) is 16.5. The van der Waals surface area contributed by atoms with Crippen molar-refractivity contribution >= 4 is 16.4 Å². The molecule has 0 amide bonds. The minimum atomic E-state index is -3.58. The van der Waals surface area contributed by atoms with Gasteiger partial charge in [-0.2, -0.15) is 8.42 Å². The van der Waals surface area contributed by atoms with Crippen molar-refractivity contribution in [2.75, 3.05) is 12.5 Å². The third kappa shape index (κ3) is 8.71. The molecular formula is C7H14NNaO4S. The van der Waals surface area contributed by atoms with Crippen molar-refractivity contribution in [1.29, 1.82) is 0 Å². The van der Waals surface area contributed by atoms with Crippen LogP contribution in [-0.2, 0) is 19.1 Å². The standard InChI is InChI=1S/C7H13NO4S.Na.H/c1-3-4-12-13(10,11)6-8-7(2)5-9;;/h5,8H,2-4,6H2,1H3;;/q;+1;-1. The van der Waals surface area contributed by atoms with Gasteiger partial charge < -0.3 is 6.74 Å². The van der Waals surface area contributed by atoms with Crippen LogP contribution < -0.4 is 34.9 Å². The predicted octanol–water partition coefficient (Wildman–Crippen LogP) is -2.88. The zero-order chi connectivity index (χ0) is 10.3. The van der Waals surface area contributed by atoms with Gasteiger partial charge in [-0.1, -0.05) is 13.5 Å². The molecule has 0 bridgehead atoms. The van der Waals surface area contributed by atoms with Crippen molar-refractivity contribution in [3.8, 4) is 0 Å². The van der Waals surface area contributed by atoms with Gasteiger partial charge in [-0.05, 0) is 6.42 Å². The SMILES string of the molecule is C=C(C=O)NCS(=O)(=O)OCCC.[H-].[Na+]. The number of carbonyl (C=O) groups is 1. The number of hydrogen-bond donors (Lipinski definition) is 1. The first-order valence-electron chi connectivity index (χ1n) is 3.77. The van der Waals surface area contributed by atoms with E-state index in [1.54, 1.807) is 6.92 Å². The van der Waals surface area contributed by atoms with Gasteiger partial charge in [-0.25, -0.2) is 0 Å². The van der Waals surface area contributed by atoms with Crippen LogP contribution in [0.3, 0.4) is 0 Å². The van der Waals surface area contributed by atoms with E-state index in [4.69, 9.17) is 0 Å². The fourth-order valence-corrected chi connectivity index (χ4v) is 1.34. The Hall–Kier alpha value is 0.120. The van der Waals surface area contributed by atoms with Gasteiger partial charge in [0.15, 0.2) is 6.29 Å². The number of nitrogens with one attached hydrogen (secondary N) is 1. The summed E-state index contributed by atoms with van der Waals surface area (Å²) in [6, 6.07) is 0. The summed E-state index contributed by atoms with van der Waals surface area (Å²) < 4.78 is 26.5. The summed E-state index contributed by atoms with van der Waals surface area (Å²) in [5.41, 5.74) is 0.0173. The summed E-state index contributed by atoms with van der Waals surface area (Å²) in [6.07, 6.45) is 1.06. The van der Waals surface area contributed by atoms with Crippen LogP contribution in [-0.4, -0.2) is 27.2 Å². The number of hydrogen-bond acceptors (Lipinski definition) is 5. The summed E-state index contributed by atoms with van der Waals surface area (Å²) >= 11 is 0. The van der Waals surface area contributed by atoms with E-state index in [1.807, 2.05) is 0 Å². The molecule has 0 radical (unpaired) electrons. The Bertz CT molecular complexity index is 281. The first-order chi connectivity index (χ1) is 6.02. The molecule has 0 fully saturated rings. The van der Waals surface area contributed by atoms with Gasteiger partial charge in [0.2, 0.25) is 0 Å². The second-order valence-corrected chi connectivity index (χ2v) is 3.98. The Morgan fingerprint density at radius 3 is 2.64 bits per heavy atom. The molecular weight excluding hydrogens is 217 g/mol. The summed E-state index contributed by atoms with van der Waals surface area (Å²) in [5, 5.41) is 2.31. The van der Waals surface area contributed by atoms with Crippen molar-refractivity contribution in [3.05, 3.63) is 12.3 Å². The van der Waals surface area contributed by atoms with Gasteiger partial charge in [0.25, 0.3) is 10.1 Å². The molecule has 0 aliphatic rings. The van der Waals surface area contributed by atoms with Gasteiger partial charge >= 0.3 is 29.6 Å². The molecule has 14 heavy (non-hydrogen) atoms. The summed E-state index contributed by atoms with van der Waals surface area (Å²) in [5.74, 6) is -0.426. The van der Waals surface area contributed by atoms with Crippen LogP contribution in [0.4, 0.5) is 0 Å². The van der Waals surface area contributed by atoms with Gasteiger partial charge in [-0.15, -0.1) is 0 Å².